The molecule has 0 saturated carbocycles. The van der Waals surface area contributed by atoms with Crippen molar-refractivity contribution in [3.8, 4) is 0 Å². The Labute approximate surface area is 71.6 Å². The van der Waals surface area contributed by atoms with E-state index in [9.17, 15) is 4.79 Å². The molecule has 0 fully saturated rings. The lowest BCUT2D eigenvalue weighted by molar-refractivity contribution is 0.0994. The summed E-state index contributed by atoms with van der Waals surface area (Å²) in [5, 5.41) is 3.06. The third-order valence-corrected chi connectivity index (χ3v) is 2.32. The first kappa shape index (κ1) is 7.35. The van der Waals surface area contributed by atoms with E-state index in [1.54, 1.807) is 0 Å². The van der Waals surface area contributed by atoms with E-state index in [0.29, 0.717) is 6.42 Å². The van der Waals surface area contributed by atoms with Gasteiger partial charge in [0, 0.05) is 24.7 Å². The Morgan fingerprint density at radius 1 is 1.33 bits per heavy atom. The molecule has 0 aromatic heterocycles. The molecule has 0 spiro atoms. The number of anilines is 1. The molecular weight excluding hydrogens is 150 g/mol. The van der Waals surface area contributed by atoms with Gasteiger partial charge >= 0.3 is 0 Å². The van der Waals surface area contributed by atoms with Crippen molar-refractivity contribution in [1.82, 2.24) is 0 Å². The quantitative estimate of drug-likeness (QED) is 0.681. The molecule has 0 saturated heterocycles. The second-order valence-corrected chi connectivity index (χ2v) is 3.05. The fourth-order valence-electron chi connectivity index (χ4n) is 1.61. The van der Waals surface area contributed by atoms with Crippen molar-refractivity contribution in [2.45, 2.75) is 12.8 Å². The van der Waals surface area contributed by atoms with Gasteiger partial charge in [0.25, 0.3) is 0 Å². The standard InChI is InChI=1S/C10H11NO/c1-11-8-3-4-9-7(6-8)2-5-10(9)12/h3-4,6,11H,2,5H2,1H3. The monoisotopic (exact) mass is 161 g/mol. The van der Waals surface area contributed by atoms with Gasteiger partial charge in [-0.2, -0.15) is 0 Å². The van der Waals surface area contributed by atoms with Crippen molar-refractivity contribution < 1.29 is 4.79 Å². The van der Waals surface area contributed by atoms with E-state index in [2.05, 4.69) is 11.4 Å². The molecule has 1 aliphatic rings. The van der Waals surface area contributed by atoms with E-state index in [1.807, 2.05) is 19.2 Å². The molecule has 1 aromatic carbocycles. The van der Waals surface area contributed by atoms with Crippen LogP contribution in [0.15, 0.2) is 18.2 Å². The Bertz CT molecular complexity index is 331. The highest BCUT2D eigenvalue weighted by Gasteiger charge is 2.18. The van der Waals surface area contributed by atoms with Crippen LogP contribution in [-0.4, -0.2) is 12.8 Å². The predicted molar refractivity (Wildman–Crippen MR) is 48.6 cm³/mol. The minimum Gasteiger partial charge on any atom is -0.388 e. The number of carbonyl (C=O) groups excluding carboxylic acids is 1. The zero-order chi connectivity index (χ0) is 8.55. The van der Waals surface area contributed by atoms with E-state index in [4.69, 9.17) is 0 Å². The summed E-state index contributed by atoms with van der Waals surface area (Å²) in [6, 6.07) is 5.92. The average molecular weight is 161 g/mol. The third-order valence-electron chi connectivity index (χ3n) is 2.32. The molecule has 2 nitrogen and oxygen atoms in total. The summed E-state index contributed by atoms with van der Waals surface area (Å²) < 4.78 is 0. The van der Waals surface area contributed by atoms with Gasteiger partial charge in [-0.1, -0.05) is 0 Å². The summed E-state index contributed by atoms with van der Waals surface area (Å²) in [6.45, 7) is 0. The summed E-state index contributed by atoms with van der Waals surface area (Å²) in [5.74, 6) is 0.285. The zero-order valence-corrected chi connectivity index (χ0v) is 7.05. The van der Waals surface area contributed by atoms with E-state index < -0.39 is 0 Å². The van der Waals surface area contributed by atoms with Crippen molar-refractivity contribution >= 4 is 11.5 Å². The number of rotatable bonds is 1. The molecule has 0 bridgehead atoms. The van der Waals surface area contributed by atoms with Crippen molar-refractivity contribution in [2.75, 3.05) is 12.4 Å². The van der Waals surface area contributed by atoms with Crippen molar-refractivity contribution in [3.63, 3.8) is 0 Å². The smallest absolute Gasteiger partial charge is 0.163 e. The van der Waals surface area contributed by atoms with Crippen LogP contribution in [0.5, 0.6) is 0 Å². The Morgan fingerprint density at radius 3 is 2.92 bits per heavy atom. The Morgan fingerprint density at radius 2 is 2.17 bits per heavy atom. The van der Waals surface area contributed by atoms with E-state index in [1.165, 1.54) is 5.56 Å². The van der Waals surface area contributed by atoms with Gasteiger partial charge in [0.1, 0.15) is 0 Å². The Kier molecular flexibility index (Phi) is 1.61. The molecular formula is C10H11NO. The number of benzene rings is 1. The lowest BCUT2D eigenvalue weighted by Gasteiger charge is -2.01. The van der Waals surface area contributed by atoms with Crippen molar-refractivity contribution in [3.05, 3.63) is 29.3 Å². The van der Waals surface area contributed by atoms with Crippen molar-refractivity contribution in [1.29, 1.82) is 0 Å². The van der Waals surface area contributed by atoms with Gasteiger partial charge in [-0.15, -0.1) is 0 Å². The number of carbonyl (C=O) groups is 1. The van der Waals surface area contributed by atoms with Gasteiger partial charge < -0.3 is 5.32 Å². The van der Waals surface area contributed by atoms with Gasteiger partial charge in [-0.05, 0) is 30.2 Å². The van der Waals surface area contributed by atoms with Crippen LogP contribution < -0.4 is 5.32 Å². The first-order valence-corrected chi connectivity index (χ1v) is 4.15. The lowest BCUT2D eigenvalue weighted by Crippen LogP contribution is -1.93. The van der Waals surface area contributed by atoms with Gasteiger partial charge in [0.05, 0.1) is 0 Å². The summed E-state index contributed by atoms with van der Waals surface area (Å²) in [4.78, 5) is 11.2. The molecule has 0 atom stereocenters. The fraction of sp³-hybridized carbons (Fsp3) is 0.300. The van der Waals surface area contributed by atoms with Crippen LogP contribution in [0.4, 0.5) is 5.69 Å². The lowest BCUT2D eigenvalue weighted by atomic mass is 10.1. The number of ketones is 1. The third kappa shape index (κ3) is 0.998. The molecule has 0 amide bonds. The largest absolute Gasteiger partial charge is 0.388 e. The van der Waals surface area contributed by atoms with Gasteiger partial charge in [0.15, 0.2) is 5.78 Å². The van der Waals surface area contributed by atoms with Crippen LogP contribution >= 0.6 is 0 Å². The summed E-state index contributed by atoms with van der Waals surface area (Å²) in [5.41, 5.74) is 3.18. The first-order valence-electron chi connectivity index (χ1n) is 4.15. The number of nitrogens with one attached hydrogen (secondary N) is 1. The number of aryl methyl sites for hydroxylation is 1. The molecule has 0 aliphatic heterocycles. The maximum atomic E-state index is 11.2. The van der Waals surface area contributed by atoms with E-state index in [-0.39, 0.29) is 5.78 Å². The highest BCUT2D eigenvalue weighted by atomic mass is 16.1. The molecule has 0 heterocycles. The second-order valence-electron chi connectivity index (χ2n) is 3.05. The minimum atomic E-state index is 0.285. The molecule has 2 rings (SSSR count). The van der Waals surface area contributed by atoms with Crippen LogP contribution in [0.3, 0.4) is 0 Å². The number of fused-ring (bicyclic) bond motifs is 1. The molecule has 0 unspecified atom stereocenters. The van der Waals surface area contributed by atoms with Gasteiger partial charge in [-0.25, -0.2) is 0 Å². The SMILES string of the molecule is CNc1ccc2c(c1)CCC2=O. The molecule has 1 N–H and O–H groups in total. The van der Waals surface area contributed by atoms with Crippen LogP contribution in [0, 0.1) is 0 Å². The minimum absolute atomic E-state index is 0.285. The fourth-order valence-corrected chi connectivity index (χ4v) is 1.61. The second kappa shape index (κ2) is 2.63. The normalized spacial score (nSPS) is 14.6. The van der Waals surface area contributed by atoms with Crippen LogP contribution in [0.25, 0.3) is 0 Å². The van der Waals surface area contributed by atoms with E-state index in [0.717, 1.165) is 17.7 Å². The molecule has 0 radical (unpaired) electrons. The Balaban J connectivity index is 2.48. The van der Waals surface area contributed by atoms with Gasteiger partial charge in [-0.3, -0.25) is 4.79 Å². The average Bonchev–Trinajstić information content (AvgIpc) is 2.47. The highest BCUT2D eigenvalue weighted by Crippen LogP contribution is 2.24. The van der Waals surface area contributed by atoms with Crippen LogP contribution in [0.1, 0.15) is 22.3 Å². The number of hydrogen-bond acceptors (Lipinski definition) is 2. The van der Waals surface area contributed by atoms with Crippen molar-refractivity contribution in [2.24, 2.45) is 0 Å². The van der Waals surface area contributed by atoms with Crippen LogP contribution in [0.2, 0.25) is 0 Å². The molecule has 1 aromatic rings. The number of hydrogen-bond donors (Lipinski definition) is 1. The van der Waals surface area contributed by atoms with Crippen LogP contribution in [-0.2, 0) is 6.42 Å². The molecule has 62 valence electrons. The maximum Gasteiger partial charge on any atom is 0.163 e. The number of Topliss-reactive ketones (excluding diaryl/α,β-unsaturated/α-hetero) is 1. The Hall–Kier alpha value is -1.31. The first-order chi connectivity index (χ1) is 5.81. The highest BCUT2D eigenvalue weighted by molar-refractivity contribution is 6.00. The molecule has 1 aliphatic carbocycles. The van der Waals surface area contributed by atoms with Gasteiger partial charge in [0.2, 0.25) is 0 Å². The molecule has 12 heavy (non-hydrogen) atoms. The predicted octanol–water partition coefficient (Wildman–Crippen LogP) is 1.86. The summed E-state index contributed by atoms with van der Waals surface area (Å²) >= 11 is 0. The topological polar surface area (TPSA) is 29.1 Å². The molecule has 2 heteroatoms. The summed E-state index contributed by atoms with van der Waals surface area (Å²) in [6.07, 6.45) is 1.59. The van der Waals surface area contributed by atoms with E-state index >= 15 is 0 Å². The maximum absolute atomic E-state index is 11.2. The summed E-state index contributed by atoms with van der Waals surface area (Å²) in [7, 11) is 1.89. The zero-order valence-electron chi connectivity index (χ0n) is 7.05.